The molecule has 5 nitrogen and oxygen atoms in total. The number of hydrogen-bond donors (Lipinski definition) is 2. The molecule has 0 bridgehead atoms. The van der Waals surface area contributed by atoms with E-state index < -0.39 is 5.82 Å². The van der Waals surface area contributed by atoms with Gasteiger partial charge < -0.3 is 15.4 Å². The topological polar surface area (TPSA) is 63.2 Å². The number of thiophene rings is 1. The van der Waals surface area contributed by atoms with Gasteiger partial charge in [-0.25, -0.2) is 4.39 Å². The van der Waals surface area contributed by atoms with E-state index in [1.807, 2.05) is 41.8 Å². The minimum Gasteiger partial charge on any atom is -0.453 e. The van der Waals surface area contributed by atoms with E-state index in [2.05, 4.69) is 15.6 Å². The maximum atomic E-state index is 14.6. The molecule has 0 saturated heterocycles. The van der Waals surface area contributed by atoms with Gasteiger partial charge in [-0.3, -0.25) is 9.78 Å². The van der Waals surface area contributed by atoms with Crippen LogP contribution < -0.4 is 15.4 Å². The number of carbonyl (C=O) groups is 1. The first-order chi connectivity index (χ1) is 15.0. The summed E-state index contributed by atoms with van der Waals surface area (Å²) in [5.74, 6) is -0.556. The van der Waals surface area contributed by atoms with Crippen LogP contribution >= 0.6 is 23.6 Å². The smallest absolute Gasteiger partial charge is 0.233 e. The molecule has 8 heteroatoms. The first-order valence-electron chi connectivity index (χ1n) is 9.47. The highest BCUT2D eigenvalue weighted by atomic mass is 32.1. The summed E-state index contributed by atoms with van der Waals surface area (Å²) in [6.07, 6.45) is 1.62. The molecule has 0 aliphatic rings. The first-order valence-corrected chi connectivity index (χ1v) is 10.8. The van der Waals surface area contributed by atoms with Crippen molar-refractivity contribution in [1.82, 2.24) is 10.3 Å². The van der Waals surface area contributed by atoms with Crippen LogP contribution in [0.3, 0.4) is 0 Å². The molecule has 0 fully saturated rings. The van der Waals surface area contributed by atoms with Crippen molar-refractivity contribution in [2.45, 2.75) is 12.8 Å². The van der Waals surface area contributed by atoms with Crippen LogP contribution in [0.2, 0.25) is 0 Å². The van der Waals surface area contributed by atoms with Gasteiger partial charge in [-0.15, -0.1) is 11.3 Å². The maximum Gasteiger partial charge on any atom is 0.233 e. The highest BCUT2D eigenvalue weighted by molar-refractivity contribution is 7.80. The van der Waals surface area contributed by atoms with Gasteiger partial charge in [0.25, 0.3) is 0 Å². The Morgan fingerprint density at radius 3 is 2.71 bits per heavy atom. The van der Waals surface area contributed by atoms with Crippen LogP contribution in [0.15, 0.2) is 72.2 Å². The van der Waals surface area contributed by atoms with Crippen molar-refractivity contribution in [3.05, 3.63) is 83.6 Å². The molecule has 0 aliphatic carbocycles. The lowest BCUT2D eigenvalue weighted by atomic mass is 10.0. The predicted molar refractivity (Wildman–Crippen MR) is 125 cm³/mol. The summed E-state index contributed by atoms with van der Waals surface area (Å²) in [6.45, 7) is 1.79. The Morgan fingerprint density at radius 2 is 1.94 bits per heavy atom. The van der Waals surface area contributed by atoms with Gasteiger partial charge in [0.15, 0.2) is 16.7 Å². The number of pyridine rings is 1. The fraction of sp³-hybridized carbons (Fsp3) is 0.0870. The Morgan fingerprint density at radius 1 is 1.13 bits per heavy atom. The molecule has 2 aromatic heterocycles. The normalized spacial score (nSPS) is 11.7. The van der Waals surface area contributed by atoms with Crippen molar-refractivity contribution in [2.75, 3.05) is 5.32 Å². The lowest BCUT2D eigenvalue weighted by molar-refractivity contribution is -0.120. The van der Waals surface area contributed by atoms with Crippen LogP contribution in [0.25, 0.3) is 10.2 Å². The molecule has 0 spiro atoms. The minimum absolute atomic E-state index is 0.0825. The zero-order valence-corrected chi connectivity index (χ0v) is 18.1. The summed E-state index contributed by atoms with van der Waals surface area (Å²) in [7, 11) is 0. The lowest BCUT2D eigenvalue weighted by Crippen LogP contribution is -2.36. The van der Waals surface area contributed by atoms with E-state index in [9.17, 15) is 9.18 Å². The first kappa shape index (κ1) is 20.9. The van der Waals surface area contributed by atoms with Gasteiger partial charge >= 0.3 is 0 Å². The third kappa shape index (κ3) is 4.87. The molecule has 0 aliphatic heterocycles. The largest absolute Gasteiger partial charge is 0.453 e. The molecule has 1 amide bonds. The molecule has 0 radical (unpaired) electrons. The summed E-state index contributed by atoms with van der Waals surface area (Å²) >= 11 is 6.68. The molecular weight excluding hydrogens is 433 g/mol. The number of amides is 1. The van der Waals surface area contributed by atoms with E-state index >= 15 is 0 Å². The van der Waals surface area contributed by atoms with E-state index in [1.165, 1.54) is 23.5 Å². The maximum absolute atomic E-state index is 14.6. The standard InChI is InChI=1S/C23H18FN3O2S2/c1-14(15-5-3-2-4-6-15)22(28)27-23(30)26-16-7-8-19(17(24)13-16)29-20-9-11-25-18-10-12-31-21(18)20/h2-14H,1H3,(H2,26,27,28,30). The number of carbonyl (C=O) groups excluding carboxylic acids is 1. The third-order valence-corrected chi connectivity index (χ3v) is 5.77. The van der Waals surface area contributed by atoms with Crippen molar-refractivity contribution in [3.63, 3.8) is 0 Å². The van der Waals surface area contributed by atoms with Crippen molar-refractivity contribution in [1.29, 1.82) is 0 Å². The van der Waals surface area contributed by atoms with Gasteiger partial charge in [-0.2, -0.15) is 0 Å². The van der Waals surface area contributed by atoms with Crippen LogP contribution in [0.4, 0.5) is 10.1 Å². The van der Waals surface area contributed by atoms with E-state index in [1.54, 1.807) is 25.3 Å². The number of ether oxygens (including phenoxy) is 1. The number of benzene rings is 2. The molecule has 2 aromatic carbocycles. The number of rotatable bonds is 5. The molecule has 2 N–H and O–H groups in total. The fourth-order valence-electron chi connectivity index (χ4n) is 2.99. The van der Waals surface area contributed by atoms with Crippen LogP contribution in [0, 0.1) is 5.82 Å². The quantitative estimate of drug-likeness (QED) is 0.373. The van der Waals surface area contributed by atoms with Crippen molar-refractivity contribution < 1.29 is 13.9 Å². The Balaban J connectivity index is 1.40. The van der Waals surface area contributed by atoms with Crippen LogP contribution in [0.5, 0.6) is 11.5 Å². The molecule has 4 rings (SSSR count). The van der Waals surface area contributed by atoms with Crippen LogP contribution in [0.1, 0.15) is 18.4 Å². The Hall–Kier alpha value is -3.36. The number of fused-ring (bicyclic) bond motifs is 1. The van der Waals surface area contributed by atoms with Gasteiger partial charge in [-0.1, -0.05) is 30.3 Å². The molecule has 31 heavy (non-hydrogen) atoms. The predicted octanol–water partition coefficient (Wildman–Crippen LogP) is 5.84. The molecule has 4 aromatic rings. The number of nitrogens with one attached hydrogen (secondary N) is 2. The number of aromatic nitrogens is 1. The number of hydrogen-bond acceptors (Lipinski definition) is 5. The van der Waals surface area contributed by atoms with Gasteiger partial charge in [0.1, 0.15) is 5.75 Å². The lowest BCUT2D eigenvalue weighted by Gasteiger charge is -2.15. The second-order valence-corrected chi connectivity index (χ2v) is 8.09. The van der Waals surface area contributed by atoms with Gasteiger partial charge in [0.05, 0.1) is 16.1 Å². The monoisotopic (exact) mass is 451 g/mol. The highest BCUT2D eigenvalue weighted by Crippen LogP contribution is 2.34. The van der Waals surface area contributed by atoms with E-state index in [-0.39, 0.29) is 22.7 Å². The van der Waals surface area contributed by atoms with Gasteiger partial charge in [0, 0.05) is 24.0 Å². The zero-order chi connectivity index (χ0) is 21.8. The fourth-order valence-corrected chi connectivity index (χ4v) is 4.00. The minimum atomic E-state index is -0.557. The molecule has 156 valence electrons. The summed E-state index contributed by atoms with van der Waals surface area (Å²) in [5.41, 5.74) is 2.08. The van der Waals surface area contributed by atoms with Gasteiger partial charge in [-0.05, 0) is 48.3 Å². The Labute approximate surface area is 187 Å². The Bertz CT molecular complexity index is 1240. The van der Waals surface area contributed by atoms with E-state index in [0.717, 1.165) is 15.8 Å². The second kappa shape index (κ2) is 9.20. The summed E-state index contributed by atoms with van der Waals surface area (Å²) in [5, 5.41) is 7.47. The van der Waals surface area contributed by atoms with E-state index in [0.29, 0.717) is 11.4 Å². The molecule has 0 saturated carbocycles. The van der Waals surface area contributed by atoms with Crippen LogP contribution in [-0.2, 0) is 4.79 Å². The summed E-state index contributed by atoms with van der Waals surface area (Å²) in [4.78, 5) is 16.7. The second-order valence-electron chi connectivity index (χ2n) is 6.77. The van der Waals surface area contributed by atoms with Crippen molar-refractivity contribution >= 4 is 50.5 Å². The number of thiocarbonyl (C=S) groups is 1. The molecular formula is C23H18FN3O2S2. The van der Waals surface area contributed by atoms with Crippen molar-refractivity contribution in [3.8, 4) is 11.5 Å². The molecule has 1 atom stereocenters. The molecule has 2 heterocycles. The van der Waals surface area contributed by atoms with Crippen molar-refractivity contribution in [2.24, 2.45) is 0 Å². The zero-order valence-electron chi connectivity index (χ0n) is 16.5. The average molecular weight is 452 g/mol. The highest BCUT2D eigenvalue weighted by Gasteiger charge is 2.16. The number of halogens is 1. The van der Waals surface area contributed by atoms with E-state index in [4.69, 9.17) is 17.0 Å². The SMILES string of the molecule is CC(C(=O)NC(=S)Nc1ccc(Oc2ccnc3ccsc23)c(F)c1)c1ccccc1. The average Bonchev–Trinajstić information content (AvgIpc) is 3.25. The Kier molecular flexibility index (Phi) is 6.20. The number of anilines is 1. The third-order valence-electron chi connectivity index (χ3n) is 4.65. The summed E-state index contributed by atoms with van der Waals surface area (Å²) in [6, 6.07) is 17.4. The van der Waals surface area contributed by atoms with Crippen LogP contribution in [-0.4, -0.2) is 16.0 Å². The van der Waals surface area contributed by atoms with Gasteiger partial charge in [0.2, 0.25) is 5.91 Å². The summed E-state index contributed by atoms with van der Waals surface area (Å²) < 4.78 is 21.2. The molecule has 1 unspecified atom stereocenters. The number of nitrogens with zero attached hydrogens (tertiary/aromatic N) is 1.